The number of anilines is 1. The number of H-pyrrole nitrogens is 2. The van der Waals surface area contributed by atoms with Crippen LogP contribution in [0.2, 0.25) is 0 Å². The molecule has 0 unspecified atom stereocenters. The third kappa shape index (κ3) is 4.91. The fourth-order valence-corrected chi connectivity index (χ4v) is 1.86. The first kappa shape index (κ1) is 18.2. The van der Waals surface area contributed by atoms with Crippen molar-refractivity contribution in [2.24, 2.45) is 5.10 Å². The standard InChI is InChI=1S/C13H10F3N5O3S/c14-13(15,16)6-2-1-3-7(4-6)18-12(25)21-17-5-8-9(22)19-11(24)20-10(8)23/h1-5H,(H2,18,21,25)(H3,19,20,22,23,24)/b17-5+. The molecule has 0 saturated heterocycles. The second-order valence-electron chi connectivity index (χ2n) is 4.57. The number of aromatic amines is 2. The van der Waals surface area contributed by atoms with Gasteiger partial charge in [0.15, 0.2) is 5.11 Å². The lowest BCUT2D eigenvalue weighted by atomic mass is 10.2. The minimum Gasteiger partial charge on any atom is -0.494 e. The van der Waals surface area contributed by atoms with E-state index < -0.39 is 28.9 Å². The lowest BCUT2D eigenvalue weighted by Crippen LogP contribution is -2.27. The lowest BCUT2D eigenvalue weighted by Gasteiger charge is -2.10. The van der Waals surface area contributed by atoms with E-state index in [0.29, 0.717) is 0 Å². The van der Waals surface area contributed by atoms with E-state index in [4.69, 9.17) is 12.2 Å². The van der Waals surface area contributed by atoms with Crippen LogP contribution in [0.3, 0.4) is 0 Å². The third-order valence-corrected chi connectivity index (χ3v) is 2.96. The number of hydrogen-bond acceptors (Lipinski definition) is 5. The molecule has 132 valence electrons. The van der Waals surface area contributed by atoms with Gasteiger partial charge in [0.05, 0.1) is 11.8 Å². The average molecular weight is 373 g/mol. The maximum absolute atomic E-state index is 12.6. The highest BCUT2D eigenvalue weighted by atomic mass is 32.1. The molecular weight excluding hydrogens is 363 g/mol. The Morgan fingerprint density at radius 2 is 2.00 bits per heavy atom. The Balaban J connectivity index is 2.05. The van der Waals surface area contributed by atoms with Crippen LogP contribution in [0.1, 0.15) is 11.1 Å². The summed E-state index contributed by atoms with van der Waals surface area (Å²) in [4.78, 5) is 26.2. The maximum Gasteiger partial charge on any atom is 0.416 e. The molecule has 0 aliphatic rings. The fraction of sp³-hybridized carbons (Fsp3) is 0.0769. The topological polar surface area (TPSA) is 122 Å². The molecule has 5 N–H and O–H groups in total. The molecule has 0 fully saturated rings. The molecule has 0 aliphatic carbocycles. The SMILES string of the molecule is O=c1[nH]c(O)c(/C=N/NC(=S)Nc2cccc(C(F)(F)F)c2)c(=O)[nH]1. The van der Waals surface area contributed by atoms with Gasteiger partial charge in [-0.1, -0.05) is 6.07 Å². The summed E-state index contributed by atoms with van der Waals surface area (Å²) in [5.74, 6) is -0.698. The van der Waals surface area contributed by atoms with E-state index in [0.717, 1.165) is 18.3 Å². The quantitative estimate of drug-likeness (QED) is 0.312. The van der Waals surface area contributed by atoms with Crippen molar-refractivity contribution < 1.29 is 18.3 Å². The van der Waals surface area contributed by atoms with Crippen molar-refractivity contribution in [1.29, 1.82) is 0 Å². The molecule has 0 aliphatic heterocycles. The zero-order valence-corrected chi connectivity index (χ0v) is 13.0. The fourth-order valence-electron chi connectivity index (χ4n) is 1.69. The second-order valence-corrected chi connectivity index (χ2v) is 4.98. The Bertz CT molecular complexity index is 935. The predicted molar refractivity (Wildman–Crippen MR) is 87.7 cm³/mol. The van der Waals surface area contributed by atoms with Gasteiger partial charge in [0.25, 0.3) is 5.56 Å². The predicted octanol–water partition coefficient (Wildman–Crippen LogP) is 1.11. The Labute approximate surface area is 142 Å². The minimum absolute atomic E-state index is 0.0762. The Kier molecular flexibility index (Phi) is 5.22. The van der Waals surface area contributed by atoms with Crippen LogP contribution in [-0.4, -0.2) is 26.4 Å². The molecule has 25 heavy (non-hydrogen) atoms. The summed E-state index contributed by atoms with van der Waals surface area (Å²) in [7, 11) is 0. The summed E-state index contributed by atoms with van der Waals surface area (Å²) in [5.41, 5.74) is -0.636. The van der Waals surface area contributed by atoms with Gasteiger partial charge >= 0.3 is 11.9 Å². The molecule has 0 amide bonds. The van der Waals surface area contributed by atoms with Crippen molar-refractivity contribution in [2.45, 2.75) is 6.18 Å². The molecular formula is C13H10F3N5O3S. The van der Waals surface area contributed by atoms with Gasteiger partial charge in [0.1, 0.15) is 5.56 Å². The molecule has 1 aromatic carbocycles. The molecule has 0 spiro atoms. The molecule has 1 aromatic heterocycles. The molecule has 0 bridgehead atoms. The second kappa shape index (κ2) is 7.17. The highest BCUT2D eigenvalue weighted by Gasteiger charge is 2.30. The van der Waals surface area contributed by atoms with E-state index in [1.807, 2.05) is 9.97 Å². The maximum atomic E-state index is 12.6. The van der Waals surface area contributed by atoms with Crippen molar-refractivity contribution >= 4 is 29.2 Å². The van der Waals surface area contributed by atoms with Crippen LogP contribution in [0.5, 0.6) is 5.88 Å². The van der Waals surface area contributed by atoms with E-state index in [-0.39, 0.29) is 16.4 Å². The number of rotatable bonds is 3. The van der Waals surface area contributed by atoms with E-state index in [1.54, 1.807) is 0 Å². The molecule has 0 saturated carbocycles. The summed E-state index contributed by atoms with van der Waals surface area (Å²) < 4.78 is 37.9. The van der Waals surface area contributed by atoms with Crippen molar-refractivity contribution in [2.75, 3.05) is 5.32 Å². The van der Waals surface area contributed by atoms with Gasteiger partial charge in [-0.3, -0.25) is 20.2 Å². The minimum atomic E-state index is -4.49. The summed E-state index contributed by atoms with van der Waals surface area (Å²) in [6, 6.07) is 4.33. The first-order chi connectivity index (χ1) is 11.7. The van der Waals surface area contributed by atoms with Gasteiger partial charge in [0, 0.05) is 5.69 Å². The number of thiocarbonyl (C=S) groups is 1. The number of halogens is 3. The third-order valence-electron chi connectivity index (χ3n) is 2.77. The van der Waals surface area contributed by atoms with Crippen molar-refractivity contribution in [3.05, 3.63) is 56.2 Å². The van der Waals surface area contributed by atoms with Gasteiger partial charge in [-0.25, -0.2) is 4.79 Å². The van der Waals surface area contributed by atoms with Gasteiger partial charge in [-0.2, -0.15) is 18.3 Å². The number of alkyl halides is 3. The summed E-state index contributed by atoms with van der Waals surface area (Å²) in [6.45, 7) is 0. The normalized spacial score (nSPS) is 11.5. The lowest BCUT2D eigenvalue weighted by molar-refractivity contribution is -0.137. The number of benzene rings is 1. The van der Waals surface area contributed by atoms with E-state index in [2.05, 4.69) is 15.8 Å². The zero-order valence-electron chi connectivity index (χ0n) is 12.1. The summed E-state index contributed by atoms with van der Waals surface area (Å²) >= 11 is 4.85. The molecule has 12 heteroatoms. The van der Waals surface area contributed by atoms with Crippen LogP contribution in [0, 0.1) is 0 Å². The van der Waals surface area contributed by atoms with Crippen molar-refractivity contribution in [1.82, 2.24) is 15.4 Å². The van der Waals surface area contributed by atoms with E-state index in [1.165, 1.54) is 12.1 Å². The Morgan fingerprint density at radius 1 is 1.28 bits per heavy atom. The summed E-state index contributed by atoms with van der Waals surface area (Å²) in [5, 5.41) is 15.3. The van der Waals surface area contributed by atoms with Crippen LogP contribution in [0.25, 0.3) is 0 Å². The number of aromatic hydroxyl groups is 1. The van der Waals surface area contributed by atoms with E-state index >= 15 is 0 Å². The smallest absolute Gasteiger partial charge is 0.416 e. The highest BCUT2D eigenvalue weighted by Crippen LogP contribution is 2.30. The number of nitrogens with zero attached hydrogens (tertiary/aromatic N) is 1. The van der Waals surface area contributed by atoms with E-state index in [9.17, 15) is 27.9 Å². The number of hydrazone groups is 1. The molecule has 2 aromatic rings. The van der Waals surface area contributed by atoms with Crippen LogP contribution in [0.15, 0.2) is 39.0 Å². The Morgan fingerprint density at radius 3 is 2.64 bits per heavy atom. The summed E-state index contributed by atoms with van der Waals surface area (Å²) in [6.07, 6.45) is -3.61. The van der Waals surface area contributed by atoms with Crippen LogP contribution in [-0.2, 0) is 6.18 Å². The highest BCUT2D eigenvalue weighted by molar-refractivity contribution is 7.80. The number of aromatic nitrogens is 2. The first-order valence-electron chi connectivity index (χ1n) is 6.49. The molecule has 8 nitrogen and oxygen atoms in total. The monoisotopic (exact) mass is 373 g/mol. The van der Waals surface area contributed by atoms with Gasteiger partial charge < -0.3 is 10.4 Å². The average Bonchev–Trinajstić information content (AvgIpc) is 2.49. The van der Waals surface area contributed by atoms with Gasteiger partial charge in [0.2, 0.25) is 5.88 Å². The molecule has 0 radical (unpaired) electrons. The van der Waals surface area contributed by atoms with Crippen LogP contribution in [0.4, 0.5) is 18.9 Å². The number of nitrogens with one attached hydrogen (secondary N) is 4. The first-order valence-corrected chi connectivity index (χ1v) is 6.90. The van der Waals surface area contributed by atoms with Crippen LogP contribution >= 0.6 is 12.2 Å². The molecule has 1 heterocycles. The van der Waals surface area contributed by atoms with Gasteiger partial charge in [-0.05, 0) is 30.4 Å². The zero-order chi connectivity index (χ0) is 18.6. The van der Waals surface area contributed by atoms with Crippen LogP contribution < -0.4 is 22.0 Å². The Hall–Kier alpha value is -3.15. The van der Waals surface area contributed by atoms with Gasteiger partial charge in [-0.15, -0.1) is 0 Å². The molecule has 2 rings (SSSR count). The van der Waals surface area contributed by atoms with Crippen molar-refractivity contribution in [3.8, 4) is 5.88 Å². The largest absolute Gasteiger partial charge is 0.494 e. The molecule has 0 atom stereocenters. The van der Waals surface area contributed by atoms with Crippen molar-refractivity contribution in [3.63, 3.8) is 0 Å². The number of hydrogen-bond donors (Lipinski definition) is 5.